The Morgan fingerprint density at radius 1 is 1.42 bits per heavy atom. The van der Waals surface area contributed by atoms with Gasteiger partial charge in [-0.25, -0.2) is 4.39 Å². The standard InChI is InChI=1S/C7H5Cl2FO2/c8-4-1-5(9)7(11)6(2-4)12-3-10/h1-2,11H,3H2. The van der Waals surface area contributed by atoms with Gasteiger partial charge in [0.2, 0.25) is 6.86 Å². The van der Waals surface area contributed by atoms with Crippen LogP contribution in [0, 0.1) is 0 Å². The predicted octanol–water partition coefficient (Wildman–Crippen LogP) is 3.00. The highest BCUT2D eigenvalue weighted by Crippen LogP contribution is 2.36. The number of aromatic hydroxyl groups is 1. The van der Waals surface area contributed by atoms with Gasteiger partial charge in [0.25, 0.3) is 0 Å². The third kappa shape index (κ3) is 1.93. The molecule has 0 spiro atoms. The fourth-order valence-corrected chi connectivity index (χ4v) is 1.19. The van der Waals surface area contributed by atoms with Gasteiger partial charge in [0.1, 0.15) is 0 Å². The van der Waals surface area contributed by atoms with Crippen molar-refractivity contribution in [2.24, 2.45) is 0 Å². The van der Waals surface area contributed by atoms with E-state index in [2.05, 4.69) is 4.74 Å². The van der Waals surface area contributed by atoms with Crippen molar-refractivity contribution in [3.05, 3.63) is 22.2 Å². The molecule has 12 heavy (non-hydrogen) atoms. The molecule has 1 aromatic carbocycles. The molecule has 0 radical (unpaired) electrons. The Morgan fingerprint density at radius 2 is 2.08 bits per heavy atom. The lowest BCUT2D eigenvalue weighted by Gasteiger charge is -2.05. The summed E-state index contributed by atoms with van der Waals surface area (Å²) in [6.45, 7) is -1.04. The van der Waals surface area contributed by atoms with E-state index in [9.17, 15) is 9.50 Å². The molecule has 0 aliphatic rings. The van der Waals surface area contributed by atoms with E-state index in [4.69, 9.17) is 23.2 Å². The summed E-state index contributed by atoms with van der Waals surface area (Å²) in [7, 11) is 0. The average molecular weight is 211 g/mol. The molecule has 0 fully saturated rings. The summed E-state index contributed by atoms with van der Waals surface area (Å²) < 4.78 is 16.1. The Hall–Kier alpha value is -0.670. The van der Waals surface area contributed by atoms with Crippen LogP contribution >= 0.6 is 23.2 Å². The summed E-state index contributed by atoms with van der Waals surface area (Å²) in [4.78, 5) is 0. The maximum absolute atomic E-state index is 11.7. The van der Waals surface area contributed by atoms with Gasteiger partial charge in [0.05, 0.1) is 5.02 Å². The van der Waals surface area contributed by atoms with Crippen LogP contribution in [0.25, 0.3) is 0 Å². The fourth-order valence-electron chi connectivity index (χ4n) is 0.711. The van der Waals surface area contributed by atoms with Crippen molar-refractivity contribution >= 4 is 23.2 Å². The lowest BCUT2D eigenvalue weighted by atomic mass is 10.3. The zero-order valence-electron chi connectivity index (χ0n) is 5.85. The Morgan fingerprint density at radius 3 is 2.67 bits per heavy atom. The molecule has 0 aliphatic carbocycles. The number of phenols is 1. The zero-order chi connectivity index (χ0) is 9.14. The lowest BCUT2D eigenvalue weighted by Crippen LogP contribution is -1.90. The second-order valence-corrected chi connectivity index (χ2v) is 2.83. The molecule has 0 aromatic heterocycles. The fraction of sp³-hybridized carbons (Fsp3) is 0.143. The third-order valence-electron chi connectivity index (χ3n) is 1.20. The topological polar surface area (TPSA) is 29.5 Å². The van der Waals surface area contributed by atoms with E-state index in [0.29, 0.717) is 0 Å². The van der Waals surface area contributed by atoms with Gasteiger partial charge in [-0.05, 0) is 6.07 Å². The molecule has 0 unspecified atom stereocenters. The molecule has 1 aromatic rings. The van der Waals surface area contributed by atoms with Crippen LogP contribution in [0.5, 0.6) is 11.5 Å². The molecule has 0 saturated carbocycles. The van der Waals surface area contributed by atoms with Crippen molar-refractivity contribution in [2.45, 2.75) is 0 Å². The van der Waals surface area contributed by atoms with Gasteiger partial charge in [-0.2, -0.15) is 0 Å². The van der Waals surface area contributed by atoms with Crippen molar-refractivity contribution in [3.8, 4) is 11.5 Å². The minimum absolute atomic E-state index is 0.0333. The lowest BCUT2D eigenvalue weighted by molar-refractivity contribution is 0.185. The second-order valence-electron chi connectivity index (χ2n) is 1.99. The number of hydrogen-bond donors (Lipinski definition) is 1. The predicted molar refractivity (Wildman–Crippen MR) is 44.7 cm³/mol. The van der Waals surface area contributed by atoms with Crippen LogP contribution in [0.1, 0.15) is 0 Å². The van der Waals surface area contributed by atoms with E-state index in [-0.39, 0.29) is 21.5 Å². The highest BCUT2D eigenvalue weighted by molar-refractivity contribution is 6.35. The van der Waals surface area contributed by atoms with Crippen molar-refractivity contribution in [2.75, 3.05) is 6.86 Å². The van der Waals surface area contributed by atoms with E-state index in [1.54, 1.807) is 0 Å². The Balaban J connectivity index is 3.09. The van der Waals surface area contributed by atoms with Gasteiger partial charge >= 0.3 is 0 Å². The molecule has 0 amide bonds. The van der Waals surface area contributed by atoms with E-state index in [1.807, 2.05) is 0 Å². The van der Waals surface area contributed by atoms with Gasteiger partial charge in [0.15, 0.2) is 11.5 Å². The summed E-state index contributed by atoms with van der Waals surface area (Å²) >= 11 is 11.1. The molecule has 2 nitrogen and oxygen atoms in total. The van der Waals surface area contributed by atoms with Gasteiger partial charge in [0, 0.05) is 11.1 Å². The summed E-state index contributed by atoms with van der Waals surface area (Å²) in [6, 6.07) is 2.62. The van der Waals surface area contributed by atoms with E-state index >= 15 is 0 Å². The molecule has 1 rings (SSSR count). The largest absolute Gasteiger partial charge is 0.503 e. The number of hydrogen-bond acceptors (Lipinski definition) is 2. The van der Waals surface area contributed by atoms with Gasteiger partial charge < -0.3 is 9.84 Å². The highest BCUT2D eigenvalue weighted by atomic mass is 35.5. The summed E-state index contributed by atoms with van der Waals surface area (Å²) in [5.41, 5.74) is 0. The van der Waals surface area contributed by atoms with Crippen LogP contribution in [-0.2, 0) is 0 Å². The van der Waals surface area contributed by atoms with Gasteiger partial charge in [-0.15, -0.1) is 0 Å². The SMILES string of the molecule is Oc1c(Cl)cc(Cl)cc1OCF. The van der Waals surface area contributed by atoms with E-state index in [0.717, 1.165) is 0 Å². The monoisotopic (exact) mass is 210 g/mol. The van der Waals surface area contributed by atoms with Crippen LogP contribution in [0.15, 0.2) is 12.1 Å². The third-order valence-corrected chi connectivity index (χ3v) is 1.71. The molecular formula is C7H5Cl2FO2. The number of halogens is 3. The highest BCUT2D eigenvalue weighted by Gasteiger charge is 2.08. The first-order chi connectivity index (χ1) is 5.65. The molecule has 5 heteroatoms. The van der Waals surface area contributed by atoms with Crippen molar-refractivity contribution in [1.82, 2.24) is 0 Å². The van der Waals surface area contributed by atoms with Crippen LogP contribution in [0.3, 0.4) is 0 Å². The number of phenolic OH excluding ortho intramolecular Hbond substituents is 1. The van der Waals surface area contributed by atoms with E-state index < -0.39 is 6.86 Å². The summed E-state index contributed by atoms with van der Waals surface area (Å²) in [6.07, 6.45) is 0. The molecule has 66 valence electrons. The van der Waals surface area contributed by atoms with Crippen molar-refractivity contribution < 1.29 is 14.2 Å². The molecule has 0 heterocycles. The Bertz CT molecular complexity index is 291. The minimum Gasteiger partial charge on any atom is -0.503 e. The number of ether oxygens (including phenoxy) is 1. The van der Waals surface area contributed by atoms with Crippen LogP contribution in [0.2, 0.25) is 10.0 Å². The summed E-state index contributed by atoms with van der Waals surface area (Å²) in [5.74, 6) is -0.367. The second kappa shape index (κ2) is 3.83. The number of alkyl halides is 1. The number of benzene rings is 1. The molecule has 0 bridgehead atoms. The zero-order valence-corrected chi connectivity index (χ0v) is 7.36. The molecule has 0 aliphatic heterocycles. The smallest absolute Gasteiger partial charge is 0.228 e. The minimum atomic E-state index is -1.04. The van der Waals surface area contributed by atoms with Crippen LogP contribution < -0.4 is 4.74 Å². The van der Waals surface area contributed by atoms with Crippen LogP contribution in [-0.4, -0.2) is 12.0 Å². The van der Waals surface area contributed by atoms with Gasteiger partial charge in [-0.3, -0.25) is 0 Å². The van der Waals surface area contributed by atoms with Gasteiger partial charge in [-0.1, -0.05) is 23.2 Å². The first-order valence-electron chi connectivity index (χ1n) is 3.02. The maximum Gasteiger partial charge on any atom is 0.228 e. The first kappa shape index (κ1) is 9.42. The molecule has 0 atom stereocenters. The molecular weight excluding hydrogens is 206 g/mol. The van der Waals surface area contributed by atoms with Crippen molar-refractivity contribution in [3.63, 3.8) is 0 Å². The molecule has 0 saturated heterocycles. The first-order valence-corrected chi connectivity index (χ1v) is 3.77. The van der Waals surface area contributed by atoms with E-state index in [1.165, 1.54) is 12.1 Å². The Labute approximate surface area is 78.5 Å². The average Bonchev–Trinajstić information content (AvgIpc) is 2.00. The summed E-state index contributed by atoms with van der Waals surface area (Å²) in [5, 5.41) is 9.48. The maximum atomic E-state index is 11.7. The van der Waals surface area contributed by atoms with Crippen molar-refractivity contribution in [1.29, 1.82) is 0 Å². The molecule has 1 N–H and O–H groups in total. The van der Waals surface area contributed by atoms with Crippen LogP contribution in [0.4, 0.5) is 4.39 Å². The number of rotatable bonds is 2. The quantitative estimate of drug-likeness (QED) is 0.814. The Kier molecular flexibility index (Phi) is 3.00. The normalized spacial score (nSPS) is 9.92.